The third-order valence-electron chi connectivity index (χ3n) is 5.79. The number of aromatic nitrogens is 3. The number of methoxy groups -OCH3 is 2. The predicted molar refractivity (Wildman–Crippen MR) is 123 cm³/mol. The molecule has 1 aliphatic heterocycles. The largest absolute Gasteiger partial charge is 0.497 e. The third kappa shape index (κ3) is 3.75. The molecule has 7 nitrogen and oxygen atoms in total. The Bertz CT molecular complexity index is 1190. The first-order valence-corrected chi connectivity index (χ1v) is 11.5. The van der Waals surface area contributed by atoms with Gasteiger partial charge < -0.3 is 14.8 Å². The molecule has 1 aromatic heterocycles. The summed E-state index contributed by atoms with van der Waals surface area (Å²) in [6.07, 6.45) is 2.19. The van der Waals surface area contributed by atoms with E-state index >= 15 is 0 Å². The van der Waals surface area contributed by atoms with Crippen LogP contribution in [0.5, 0.6) is 11.5 Å². The van der Waals surface area contributed by atoms with E-state index in [0.717, 1.165) is 35.4 Å². The molecule has 2 aromatic carbocycles. The topological polar surface area (TPSA) is 78.3 Å². The lowest BCUT2D eigenvalue weighted by molar-refractivity contribution is -0.116. The number of carbonyl (C=O) groups excluding carboxylic acids is 1. The van der Waals surface area contributed by atoms with Crippen LogP contribution in [0.1, 0.15) is 36.4 Å². The second kappa shape index (κ2) is 8.70. The zero-order valence-electron chi connectivity index (χ0n) is 18.0. The van der Waals surface area contributed by atoms with Crippen LogP contribution in [0.25, 0.3) is 0 Å². The number of nitrogens with one attached hydrogen (secondary N) is 1. The van der Waals surface area contributed by atoms with Crippen molar-refractivity contribution >= 4 is 23.5 Å². The molecular formula is C24H24N4O3S. The molecule has 0 radical (unpaired) electrons. The second-order valence-corrected chi connectivity index (χ2v) is 8.68. The molecule has 0 saturated heterocycles. The predicted octanol–water partition coefficient (Wildman–Crippen LogP) is 4.61. The first-order chi connectivity index (χ1) is 15.7. The third-order valence-corrected chi connectivity index (χ3v) is 6.70. The highest BCUT2D eigenvalue weighted by molar-refractivity contribution is 7.98. The SMILES string of the molecule is COc1ccc([C@@H]2C3=C(CCCC3=O)Nc3nc(SCc4ccccc4)nn32)c(OC)c1. The molecule has 32 heavy (non-hydrogen) atoms. The van der Waals surface area contributed by atoms with Crippen molar-refractivity contribution in [2.45, 2.75) is 36.2 Å². The fraction of sp³-hybridized carbons (Fsp3) is 0.292. The fourth-order valence-corrected chi connectivity index (χ4v) is 5.04. The number of hydrogen-bond donors (Lipinski definition) is 1. The first-order valence-electron chi connectivity index (χ1n) is 10.6. The van der Waals surface area contributed by atoms with Crippen molar-refractivity contribution < 1.29 is 14.3 Å². The number of carbonyl (C=O) groups is 1. The van der Waals surface area contributed by atoms with E-state index in [2.05, 4.69) is 17.4 Å². The van der Waals surface area contributed by atoms with Gasteiger partial charge in [-0.25, -0.2) is 4.68 Å². The number of Topliss-reactive ketones (excluding diaryl/α,β-unsaturated/α-hetero) is 1. The molecule has 2 aliphatic rings. The summed E-state index contributed by atoms with van der Waals surface area (Å²) >= 11 is 1.58. The van der Waals surface area contributed by atoms with E-state index in [0.29, 0.717) is 29.0 Å². The highest BCUT2D eigenvalue weighted by Gasteiger charge is 2.38. The summed E-state index contributed by atoms with van der Waals surface area (Å²) in [4.78, 5) is 17.8. The number of fused-ring (bicyclic) bond motifs is 1. The number of allylic oxidation sites excluding steroid dienone is 2. The van der Waals surface area contributed by atoms with Gasteiger partial charge in [-0.15, -0.1) is 5.10 Å². The van der Waals surface area contributed by atoms with Crippen molar-refractivity contribution in [3.05, 3.63) is 70.9 Å². The molecule has 2 heterocycles. The minimum absolute atomic E-state index is 0.140. The van der Waals surface area contributed by atoms with Crippen molar-refractivity contribution in [2.75, 3.05) is 19.5 Å². The number of rotatable bonds is 6. The number of nitrogens with zero attached hydrogens (tertiary/aromatic N) is 3. The summed E-state index contributed by atoms with van der Waals surface area (Å²) in [7, 11) is 3.25. The van der Waals surface area contributed by atoms with Crippen molar-refractivity contribution in [2.24, 2.45) is 0 Å². The molecule has 0 fully saturated rings. The maximum atomic E-state index is 13.0. The van der Waals surface area contributed by atoms with Crippen LogP contribution < -0.4 is 14.8 Å². The number of anilines is 1. The van der Waals surface area contributed by atoms with Crippen LogP contribution in [0.3, 0.4) is 0 Å². The normalized spacial score (nSPS) is 17.4. The van der Waals surface area contributed by atoms with Gasteiger partial charge in [0.25, 0.3) is 0 Å². The van der Waals surface area contributed by atoms with Gasteiger partial charge in [0.2, 0.25) is 11.1 Å². The Labute approximate surface area is 190 Å². The van der Waals surface area contributed by atoms with Crippen LogP contribution in [0, 0.1) is 0 Å². The van der Waals surface area contributed by atoms with E-state index in [1.807, 2.05) is 41.1 Å². The minimum Gasteiger partial charge on any atom is -0.497 e. The number of benzene rings is 2. The smallest absolute Gasteiger partial charge is 0.227 e. The van der Waals surface area contributed by atoms with E-state index < -0.39 is 6.04 Å². The maximum absolute atomic E-state index is 13.0. The monoisotopic (exact) mass is 448 g/mol. The van der Waals surface area contributed by atoms with Gasteiger partial charge in [-0.3, -0.25) is 4.79 Å². The molecule has 0 unspecified atom stereocenters. The summed E-state index contributed by atoms with van der Waals surface area (Å²) in [5.74, 6) is 2.91. The lowest BCUT2D eigenvalue weighted by Gasteiger charge is -2.32. The Balaban J connectivity index is 1.56. The molecule has 0 spiro atoms. The Kier molecular flexibility index (Phi) is 5.61. The lowest BCUT2D eigenvalue weighted by Crippen LogP contribution is -2.31. The molecule has 0 saturated carbocycles. The summed E-state index contributed by atoms with van der Waals surface area (Å²) in [6, 6.07) is 15.5. The van der Waals surface area contributed by atoms with E-state index in [9.17, 15) is 4.79 Å². The van der Waals surface area contributed by atoms with Crippen LogP contribution in [0.15, 0.2) is 65.0 Å². The van der Waals surface area contributed by atoms with Gasteiger partial charge in [-0.1, -0.05) is 42.1 Å². The van der Waals surface area contributed by atoms with E-state index in [1.165, 1.54) is 5.56 Å². The van der Waals surface area contributed by atoms with Gasteiger partial charge in [0.1, 0.15) is 17.5 Å². The molecule has 1 atom stereocenters. The lowest BCUT2D eigenvalue weighted by atomic mass is 9.85. The van der Waals surface area contributed by atoms with Gasteiger partial charge >= 0.3 is 0 Å². The molecule has 8 heteroatoms. The average Bonchev–Trinajstić information content (AvgIpc) is 3.24. The summed E-state index contributed by atoms with van der Waals surface area (Å²) in [5, 5.41) is 8.84. The van der Waals surface area contributed by atoms with Gasteiger partial charge in [-0.2, -0.15) is 4.98 Å². The summed E-state index contributed by atoms with van der Waals surface area (Å²) in [6.45, 7) is 0. The van der Waals surface area contributed by atoms with Crippen LogP contribution in [-0.2, 0) is 10.5 Å². The van der Waals surface area contributed by atoms with Gasteiger partial charge in [0, 0.05) is 35.1 Å². The van der Waals surface area contributed by atoms with Crippen LogP contribution >= 0.6 is 11.8 Å². The molecule has 164 valence electrons. The van der Waals surface area contributed by atoms with Gasteiger partial charge in [-0.05, 0) is 30.5 Å². The van der Waals surface area contributed by atoms with Crippen molar-refractivity contribution in [3.63, 3.8) is 0 Å². The molecular weight excluding hydrogens is 424 g/mol. The summed E-state index contributed by atoms with van der Waals surface area (Å²) < 4.78 is 12.9. The van der Waals surface area contributed by atoms with Crippen molar-refractivity contribution in [1.29, 1.82) is 0 Å². The molecule has 1 aliphatic carbocycles. The average molecular weight is 449 g/mol. The van der Waals surface area contributed by atoms with Crippen LogP contribution in [-0.4, -0.2) is 34.8 Å². The number of thioether (sulfide) groups is 1. The number of ketones is 1. The van der Waals surface area contributed by atoms with E-state index in [1.54, 1.807) is 26.0 Å². The second-order valence-electron chi connectivity index (χ2n) is 7.74. The zero-order chi connectivity index (χ0) is 22.1. The minimum atomic E-state index is -0.395. The van der Waals surface area contributed by atoms with E-state index in [-0.39, 0.29) is 5.78 Å². The molecule has 3 aromatic rings. The quantitative estimate of drug-likeness (QED) is 0.552. The number of ether oxygens (including phenoxy) is 2. The Hall–Kier alpha value is -3.26. The van der Waals surface area contributed by atoms with Gasteiger partial charge in [0.05, 0.1) is 14.2 Å². The molecule has 0 bridgehead atoms. The zero-order valence-corrected chi connectivity index (χ0v) is 18.8. The Morgan fingerprint density at radius 2 is 1.97 bits per heavy atom. The van der Waals surface area contributed by atoms with Crippen LogP contribution in [0.2, 0.25) is 0 Å². The molecule has 5 rings (SSSR count). The standard InChI is InChI=1S/C24H24N4O3S/c1-30-16-11-12-17(20(13-16)31-2)22-21-18(9-6-10-19(21)29)25-23-26-24(27-28(22)23)32-14-15-7-4-3-5-8-15/h3-5,7-8,11-13,22H,6,9-10,14H2,1-2H3,(H,25,26,27)/t22-/m1/s1. The fourth-order valence-electron chi connectivity index (χ4n) is 4.25. The highest BCUT2D eigenvalue weighted by Crippen LogP contribution is 2.44. The first kappa shape index (κ1) is 20.6. The molecule has 0 amide bonds. The summed E-state index contributed by atoms with van der Waals surface area (Å²) in [5.41, 5.74) is 3.75. The van der Waals surface area contributed by atoms with Gasteiger partial charge in [0.15, 0.2) is 5.78 Å². The van der Waals surface area contributed by atoms with E-state index in [4.69, 9.17) is 19.6 Å². The highest BCUT2D eigenvalue weighted by atomic mass is 32.2. The molecule has 1 N–H and O–H groups in total. The van der Waals surface area contributed by atoms with Crippen LogP contribution in [0.4, 0.5) is 5.95 Å². The maximum Gasteiger partial charge on any atom is 0.227 e. The number of hydrogen-bond acceptors (Lipinski definition) is 7. The van der Waals surface area contributed by atoms with Crippen molar-refractivity contribution in [1.82, 2.24) is 14.8 Å². The Morgan fingerprint density at radius 1 is 1.12 bits per heavy atom. The Morgan fingerprint density at radius 3 is 2.75 bits per heavy atom. The van der Waals surface area contributed by atoms with Crippen molar-refractivity contribution in [3.8, 4) is 11.5 Å².